The first-order chi connectivity index (χ1) is 20.2. The molecule has 0 fully saturated rings. The van der Waals surface area contributed by atoms with Crippen LogP contribution in [0.25, 0.3) is 10.9 Å². The SMILES string of the molecule is COC(=O)c1cc(OCc2ccccc2)c2cc(C#CCOCc3ccccc3)cc(OCc3ccccc3)c2n1. The van der Waals surface area contributed by atoms with Crippen LogP contribution in [-0.2, 0) is 29.3 Å². The van der Waals surface area contributed by atoms with Crippen molar-refractivity contribution in [2.45, 2.75) is 19.8 Å². The van der Waals surface area contributed by atoms with E-state index in [1.54, 1.807) is 6.07 Å². The summed E-state index contributed by atoms with van der Waals surface area (Å²) in [4.78, 5) is 17.1. The van der Waals surface area contributed by atoms with Crippen molar-refractivity contribution in [1.29, 1.82) is 0 Å². The van der Waals surface area contributed by atoms with Gasteiger partial charge in [0.15, 0.2) is 5.69 Å². The number of carbonyl (C=O) groups is 1. The average molecular weight is 544 g/mol. The second-order valence-corrected chi connectivity index (χ2v) is 9.20. The van der Waals surface area contributed by atoms with Gasteiger partial charge in [0.05, 0.1) is 13.7 Å². The molecule has 41 heavy (non-hydrogen) atoms. The van der Waals surface area contributed by atoms with Gasteiger partial charge < -0.3 is 18.9 Å². The van der Waals surface area contributed by atoms with Crippen molar-refractivity contribution in [3.63, 3.8) is 0 Å². The number of nitrogens with zero attached hydrogens (tertiary/aromatic N) is 1. The number of ether oxygens (including phenoxy) is 4. The molecule has 0 aliphatic heterocycles. The number of carbonyl (C=O) groups excluding carboxylic acids is 1. The Morgan fingerprint density at radius 2 is 1.27 bits per heavy atom. The third kappa shape index (κ3) is 7.51. The maximum absolute atomic E-state index is 12.5. The lowest BCUT2D eigenvalue weighted by Gasteiger charge is -2.15. The van der Waals surface area contributed by atoms with Gasteiger partial charge in [-0.1, -0.05) is 103 Å². The van der Waals surface area contributed by atoms with Crippen LogP contribution in [0, 0.1) is 11.8 Å². The molecule has 204 valence electrons. The van der Waals surface area contributed by atoms with Crippen LogP contribution in [0.15, 0.2) is 109 Å². The smallest absolute Gasteiger partial charge is 0.356 e. The molecule has 0 radical (unpaired) electrons. The molecule has 0 atom stereocenters. The molecule has 5 rings (SSSR count). The van der Waals surface area contributed by atoms with Crippen molar-refractivity contribution in [3.05, 3.63) is 137 Å². The standard InChI is InChI=1S/C35H29NO5/c1-38-35(37)31-22-32(40-24-27-14-7-3-8-15-27)30-20-29(18-11-19-39-23-26-12-5-2-6-13-26)21-33(34(30)36-31)41-25-28-16-9-4-10-17-28/h2-10,12-17,20-22H,19,23-25H2,1H3. The molecular weight excluding hydrogens is 514 g/mol. The number of aromatic nitrogens is 1. The summed E-state index contributed by atoms with van der Waals surface area (Å²) in [5, 5.41) is 0.675. The Bertz CT molecular complexity index is 1660. The zero-order valence-corrected chi connectivity index (χ0v) is 22.7. The van der Waals surface area contributed by atoms with Crippen molar-refractivity contribution in [3.8, 4) is 23.3 Å². The fraction of sp³-hybridized carbons (Fsp3) is 0.143. The number of rotatable bonds is 10. The third-order valence-corrected chi connectivity index (χ3v) is 6.23. The van der Waals surface area contributed by atoms with Gasteiger partial charge in [-0.2, -0.15) is 0 Å². The lowest BCUT2D eigenvalue weighted by atomic mass is 10.1. The summed E-state index contributed by atoms with van der Waals surface area (Å²) in [7, 11) is 1.32. The van der Waals surface area contributed by atoms with Crippen LogP contribution in [0.1, 0.15) is 32.7 Å². The first kappa shape index (κ1) is 27.4. The van der Waals surface area contributed by atoms with Gasteiger partial charge in [0.25, 0.3) is 0 Å². The van der Waals surface area contributed by atoms with Gasteiger partial charge in [-0.15, -0.1) is 0 Å². The second-order valence-electron chi connectivity index (χ2n) is 9.20. The van der Waals surface area contributed by atoms with Gasteiger partial charge in [0.2, 0.25) is 0 Å². The van der Waals surface area contributed by atoms with Gasteiger partial charge >= 0.3 is 5.97 Å². The highest BCUT2D eigenvalue weighted by Crippen LogP contribution is 2.34. The minimum Gasteiger partial charge on any atom is -0.488 e. The summed E-state index contributed by atoms with van der Waals surface area (Å²) in [5.41, 5.74) is 4.39. The van der Waals surface area contributed by atoms with Crippen molar-refractivity contribution in [1.82, 2.24) is 4.98 Å². The molecule has 5 aromatic rings. The van der Waals surface area contributed by atoms with Gasteiger partial charge in [-0.25, -0.2) is 9.78 Å². The van der Waals surface area contributed by atoms with Crippen molar-refractivity contribution in [2.24, 2.45) is 0 Å². The number of pyridine rings is 1. The molecule has 0 bridgehead atoms. The average Bonchev–Trinajstić information content (AvgIpc) is 3.03. The Balaban J connectivity index is 1.49. The molecule has 0 saturated carbocycles. The topological polar surface area (TPSA) is 66.9 Å². The number of hydrogen-bond acceptors (Lipinski definition) is 6. The molecule has 0 aliphatic rings. The van der Waals surface area contributed by atoms with E-state index in [9.17, 15) is 4.79 Å². The minimum atomic E-state index is -0.565. The quantitative estimate of drug-likeness (QED) is 0.110. The molecule has 6 nitrogen and oxygen atoms in total. The Labute approximate surface area is 239 Å². The largest absolute Gasteiger partial charge is 0.488 e. The zero-order valence-electron chi connectivity index (χ0n) is 22.7. The van der Waals surface area contributed by atoms with Gasteiger partial charge in [0, 0.05) is 17.0 Å². The second kappa shape index (κ2) is 13.8. The summed E-state index contributed by atoms with van der Waals surface area (Å²) in [5.74, 6) is 6.67. The van der Waals surface area contributed by atoms with Gasteiger partial charge in [-0.05, 0) is 28.8 Å². The number of methoxy groups -OCH3 is 1. The molecule has 0 unspecified atom stereocenters. The van der Waals surface area contributed by atoms with E-state index in [-0.39, 0.29) is 12.3 Å². The molecule has 0 amide bonds. The first-order valence-corrected chi connectivity index (χ1v) is 13.2. The fourth-order valence-electron chi connectivity index (χ4n) is 4.18. The monoisotopic (exact) mass is 543 g/mol. The molecule has 4 aromatic carbocycles. The lowest BCUT2D eigenvalue weighted by molar-refractivity contribution is 0.0594. The Morgan fingerprint density at radius 3 is 1.85 bits per heavy atom. The van der Waals surface area contributed by atoms with Crippen LogP contribution in [0.5, 0.6) is 11.5 Å². The maximum atomic E-state index is 12.5. The normalized spacial score (nSPS) is 10.5. The van der Waals surface area contributed by atoms with Crippen LogP contribution in [0.3, 0.4) is 0 Å². The van der Waals surface area contributed by atoms with Crippen LogP contribution in [-0.4, -0.2) is 24.7 Å². The third-order valence-electron chi connectivity index (χ3n) is 6.23. The molecule has 0 N–H and O–H groups in total. The van der Waals surface area contributed by atoms with E-state index in [0.717, 1.165) is 16.7 Å². The van der Waals surface area contributed by atoms with E-state index in [2.05, 4.69) is 16.8 Å². The Morgan fingerprint density at radius 1 is 0.707 bits per heavy atom. The van der Waals surface area contributed by atoms with E-state index in [0.29, 0.717) is 47.8 Å². The summed E-state index contributed by atoms with van der Waals surface area (Å²) in [6.07, 6.45) is 0. The van der Waals surface area contributed by atoms with Crippen LogP contribution < -0.4 is 9.47 Å². The maximum Gasteiger partial charge on any atom is 0.356 e. The molecule has 1 aromatic heterocycles. The Hall–Kier alpha value is -5.12. The number of benzene rings is 4. The molecular formula is C35H29NO5. The van der Waals surface area contributed by atoms with Crippen LogP contribution >= 0.6 is 0 Å². The summed E-state index contributed by atoms with van der Waals surface area (Å²) in [6, 6.07) is 34.9. The number of fused-ring (bicyclic) bond motifs is 1. The van der Waals surface area contributed by atoms with E-state index < -0.39 is 5.97 Å². The molecule has 1 heterocycles. The van der Waals surface area contributed by atoms with Crippen molar-refractivity contribution in [2.75, 3.05) is 13.7 Å². The van der Waals surface area contributed by atoms with Crippen molar-refractivity contribution < 1.29 is 23.7 Å². The van der Waals surface area contributed by atoms with E-state index in [4.69, 9.17) is 18.9 Å². The van der Waals surface area contributed by atoms with E-state index in [1.165, 1.54) is 7.11 Å². The van der Waals surface area contributed by atoms with Gasteiger partial charge in [-0.3, -0.25) is 0 Å². The summed E-state index contributed by atoms with van der Waals surface area (Å²) >= 11 is 0. The van der Waals surface area contributed by atoms with Crippen LogP contribution in [0.2, 0.25) is 0 Å². The molecule has 0 spiro atoms. The van der Waals surface area contributed by atoms with E-state index >= 15 is 0 Å². The van der Waals surface area contributed by atoms with Gasteiger partial charge in [0.1, 0.15) is 36.8 Å². The predicted octanol–water partition coefficient (Wildman–Crippen LogP) is 6.75. The first-order valence-electron chi connectivity index (χ1n) is 13.2. The highest BCUT2D eigenvalue weighted by Gasteiger charge is 2.18. The predicted molar refractivity (Wildman–Crippen MR) is 158 cm³/mol. The molecule has 0 saturated heterocycles. The lowest BCUT2D eigenvalue weighted by Crippen LogP contribution is -2.07. The van der Waals surface area contributed by atoms with Crippen LogP contribution in [0.4, 0.5) is 0 Å². The Kier molecular flexibility index (Phi) is 9.23. The summed E-state index contributed by atoms with van der Waals surface area (Å²) < 4.78 is 23.2. The molecule has 6 heteroatoms. The fourth-order valence-corrected chi connectivity index (χ4v) is 4.18. The number of esters is 1. The van der Waals surface area contributed by atoms with E-state index in [1.807, 2.05) is 103 Å². The highest BCUT2D eigenvalue weighted by molar-refractivity contribution is 5.97. The zero-order chi connectivity index (χ0) is 28.3. The summed E-state index contributed by atoms with van der Waals surface area (Å²) in [6.45, 7) is 1.38. The number of hydrogen-bond donors (Lipinski definition) is 0. The molecule has 0 aliphatic carbocycles. The minimum absolute atomic E-state index is 0.126. The van der Waals surface area contributed by atoms with Crippen molar-refractivity contribution >= 4 is 16.9 Å². The highest BCUT2D eigenvalue weighted by atomic mass is 16.5.